The van der Waals surface area contributed by atoms with Crippen LogP contribution in [0.3, 0.4) is 0 Å². The molecule has 0 spiro atoms. The molecule has 0 aliphatic heterocycles. The number of thioether (sulfide) groups is 1. The molecule has 0 N–H and O–H groups in total. The number of rotatable bonds is 6. The Morgan fingerprint density at radius 1 is 1.12 bits per heavy atom. The molecule has 0 aliphatic carbocycles. The van der Waals surface area contributed by atoms with Crippen LogP contribution in [0.25, 0.3) is 5.69 Å². The quantitative estimate of drug-likeness (QED) is 0.600. The molecule has 6 heteroatoms. The Morgan fingerprint density at radius 2 is 1.85 bits per heavy atom. The SMILES string of the molecule is COc1ccc(-n2c(SCc3ccccc3C#N)nnc2C(C)C)cc1. The van der Waals surface area contributed by atoms with Crippen LogP contribution in [0.2, 0.25) is 0 Å². The fourth-order valence-corrected chi connectivity index (χ4v) is 3.58. The Kier molecular flexibility index (Phi) is 5.59. The topological polar surface area (TPSA) is 63.7 Å². The van der Waals surface area contributed by atoms with Crippen LogP contribution in [0.15, 0.2) is 53.7 Å². The van der Waals surface area contributed by atoms with E-state index in [4.69, 9.17) is 4.74 Å². The molecular formula is C20H20N4OS. The van der Waals surface area contributed by atoms with E-state index in [0.29, 0.717) is 11.3 Å². The van der Waals surface area contributed by atoms with Gasteiger partial charge in [-0.15, -0.1) is 10.2 Å². The normalized spacial score (nSPS) is 10.7. The fourth-order valence-electron chi connectivity index (χ4n) is 2.62. The first-order chi connectivity index (χ1) is 12.6. The molecule has 0 radical (unpaired) electrons. The molecular weight excluding hydrogens is 344 g/mol. The highest BCUT2D eigenvalue weighted by Crippen LogP contribution is 2.29. The molecule has 0 atom stereocenters. The van der Waals surface area contributed by atoms with E-state index in [0.717, 1.165) is 28.0 Å². The van der Waals surface area contributed by atoms with Crippen molar-refractivity contribution < 1.29 is 4.74 Å². The van der Waals surface area contributed by atoms with Gasteiger partial charge in [0.2, 0.25) is 0 Å². The Bertz CT molecular complexity index is 926. The van der Waals surface area contributed by atoms with Gasteiger partial charge in [-0.3, -0.25) is 4.57 Å². The average molecular weight is 364 g/mol. The van der Waals surface area contributed by atoms with Crippen molar-refractivity contribution in [2.24, 2.45) is 0 Å². The zero-order valence-electron chi connectivity index (χ0n) is 15.0. The maximum Gasteiger partial charge on any atom is 0.196 e. The van der Waals surface area contributed by atoms with Gasteiger partial charge in [-0.1, -0.05) is 43.8 Å². The summed E-state index contributed by atoms with van der Waals surface area (Å²) < 4.78 is 7.32. The number of benzene rings is 2. The maximum atomic E-state index is 9.27. The highest BCUT2D eigenvalue weighted by atomic mass is 32.2. The minimum absolute atomic E-state index is 0.241. The highest BCUT2D eigenvalue weighted by molar-refractivity contribution is 7.98. The number of hydrogen-bond acceptors (Lipinski definition) is 5. The molecule has 2 aromatic carbocycles. The van der Waals surface area contributed by atoms with Crippen molar-refractivity contribution in [3.8, 4) is 17.5 Å². The van der Waals surface area contributed by atoms with Gasteiger partial charge in [0.15, 0.2) is 5.16 Å². The van der Waals surface area contributed by atoms with Crippen LogP contribution in [0.4, 0.5) is 0 Å². The lowest BCUT2D eigenvalue weighted by molar-refractivity contribution is 0.414. The van der Waals surface area contributed by atoms with E-state index in [9.17, 15) is 5.26 Å². The molecule has 0 bridgehead atoms. The zero-order chi connectivity index (χ0) is 18.5. The number of methoxy groups -OCH3 is 1. The number of ether oxygens (including phenoxy) is 1. The second-order valence-electron chi connectivity index (χ2n) is 6.09. The summed E-state index contributed by atoms with van der Waals surface area (Å²) in [5.41, 5.74) is 2.69. The molecule has 3 aromatic rings. The van der Waals surface area contributed by atoms with Gasteiger partial charge in [-0.2, -0.15) is 5.26 Å². The molecule has 1 heterocycles. The maximum absolute atomic E-state index is 9.27. The van der Waals surface area contributed by atoms with Crippen molar-refractivity contribution >= 4 is 11.8 Å². The number of aromatic nitrogens is 3. The predicted octanol–water partition coefficient (Wildman–Crippen LogP) is 4.56. The van der Waals surface area contributed by atoms with Crippen molar-refractivity contribution in [2.75, 3.05) is 7.11 Å². The molecule has 0 fully saturated rings. The largest absolute Gasteiger partial charge is 0.497 e. The summed E-state index contributed by atoms with van der Waals surface area (Å²) >= 11 is 1.58. The number of nitrogens with zero attached hydrogens (tertiary/aromatic N) is 4. The Labute approximate surface area is 157 Å². The van der Waals surface area contributed by atoms with E-state index in [2.05, 4.69) is 34.7 Å². The van der Waals surface area contributed by atoms with Crippen molar-refractivity contribution in [1.82, 2.24) is 14.8 Å². The zero-order valence-corrected chi connectivity index (χ0v) is 15.8. The lowest BCUT2D eigenvalue weighted by Gasteiger charge is -2.13. The standard InChI is InChI=1S/C20H20N4OS/c1-14(2)19-22-23-20(24(19)17-8-10-18(25-3)11-9-17)26-13-16-7-5-4-6-15(16)12-21/h4-11,14H,13H2,1-3H3. The summed E-state index contributed by atoms with van der Waals surface area (Å²) in [6.07, 6.45) is 0. The van der Waals surface area contributed by atoms with Crippen molar-refractivity contribution in [2.45, 2.75) is 30.7 Å². The summed E-state index contributed by atoms with van der Waals surface area (Å²) in [5.74, 6) is 2.62. The van der Waals surface area contributed by atoms with Crippen LogP contribution in [0.5, 0.6) is 5.75 Å². The van der Waals surface area contributed by atoms with E-state index in [1.807, 2.05) is 48.5 Å². The second kappa shape index (κ2) is 8.07. The Balaban J connectivity index is 1.93. The third-order valence-corrected chi connectivity index (χ3v) is 4.98. The van der Waals surface area contributed by atoms with Gasteiger partial charge < -0.3 is 4.74 Å². The summed E-state index contributed by atoms with van der Waals surface area (Å²) in [6.45, 7) is 4.20. The monoisotopic (exact) mass is 364 g/mol. The molecule has 0 aliphatic rings. The first-order valence-corrected chi connectivity index (χ1v) is 9.33. The lowest BCUT2D eigenvalue weighted by atomic mass is 10.1. The van der Waals surface area contributed by atoms with E-state index in [1.165, 1.54) is 0 Å². The molecule has 1 aromatic heterocycles. The van der Waals surface area contributed by atoms with Crippen molar-refractivity contribution in [1.29, 1.82) is 5.26 Å². The summed E-state index contributed by atoms with van der Waals surface area (Å²) in [6, 6.07) is 17.7. The molecule has 0 unspecified atom stereocenters. The first kappa shape index (κ1) is 18.0. The van der Waals surface area contributed by atoms with Gasteiger partial charge in [0.25, 0.3) is 0 Å². The Morgan fingerprint density at radius 3 is 2.50 bits per heavy atom. The highest BCUT2D eigenvalue weighted by Gasteiger charge is 2.17. The van der Waals surface area contributed by atoms with Crippen LogP contribution >= 0.6 is 11.8 Å². The van der Waals surface area contributed by atoms with E-state index in [-0.39, 0.29) is 5.92 Å². The summed E-state index contributed by atoms with van der Waals surface area (Å²) in [7, 11) is 1.65. The molecule has 3 rings (SSSR count). The summed E-state index contributed by atoms with van der Waals surface area (Å²) in [4.78, 5) is 0. The van der Waals surface area contributed by atoms with Crippen LogP contribution in [-0.2, 0) is 5.75 Å². The van der Waals surface area contributed by atoms with Crippen LogP contribution < -0.4 is 4.74 Å². The lowest BCUT2D eigenvalue weighted by Crippen LogP contribution is -2.04. The molecule has 0 saturated heterocycles. The molecule has 0 amide bonds. The van der Waals surface area contributed by atoms with Crippen LogP contribution in [-0.4, -0.2) is 21.9 Å². The van der Waals surface area contributed by atoms with Crippen molar-refractivity contribution in [3.63, 3.8) is 0 Å². The smallest absolute Gasteiger partial charge is 0.196 e. The van der Waals surface area contributed by atoms with Gasteiger partial charge >= 0.3 is 0 Å². The molecule has 5 nitrogen and oxygen atoms in total. The van der Waals surface area contributed by atoms with Gasteiger partial charge in [0, 0.05) is 17.4 Å². The number of hydrogen-bond donors (Lipinski definition) is 0. The molecule has 0 saturated carbocycles. The van der Waals surface area contributed by atoms with Gasteiger partial charge in [-0.05, 0) is 35.9 Å². The predicted molar refractivity (Wildman–Crippen MR) is 103 cm³/mol. The minimum atomic E-state index is 0.241. The van der Waals surface area contributed by atoms with Gasteiger partial charge in [-0.25, -0.2) is 0 Å². The van der Waals surface area contributed by atoms with E-state index < -0.39 is 0 Å². The average Bonchev–Trinajstić information content (AvgIpc) is 3.11. The third-order valence-electron chi connectivity index (χ3n) is 4.00. The van der Waals surface area contributed by atoms with Gasteiger partial charge in [0.05, 0.1) is 18.7 Å². The van der Waals surface area contributed by atoms with Crippen LogP contribution in [0.1, 0.15) is 36.7 Å². The Hall–Kier alpha value is -2.78. The molecule has 26 heavy (non-hydrogen) atoms. The first-order valence-electron chi connectivity index (χ1n) is 8.34. The number of nitriles is 1. The third kappa shape index (κ3) is 3.73. The van der Waals surface area contributed by atoms with Crippen LogP contribution in [0, 0.1) is 11.3 Å². The van der Waals surface area contributed by atoms with E-state index in [1.54, 1.807) is 18.9 Å². The van der Waals surface area contributed by atoms with E-state index >= 15 is 0 Å². The fraction of sp³-hybridized carbons (Fsp3) is 0.250. The molecule has 132 valence electrons. The summed E-state index contributed by atoms with van der Waals surface area (Å²) in [5, 5.41) is 18.9. The van der Waals surface area contributed by atoms with Gasteiger partial charge in [0.1, 0.15) is 11.6 Å². The second-order valence-corrected chi connectivity index (χ2v) is 7.03. The van der Waals surface area contributed by atoms with Crippen molar-refractivity contribution in [3.05, 3.63) is 65.5 Å². The minimum Gasteiger partial charge on any atom is -0.497 e.